The lowest BCUT2D eigenvalue weighted by Crippen LogP contribution is -2.56. The van der Waals surface area contributed by atoms with E-state index in [0.29, 0.717) is 48.2 Å². The van der Waals surface area contributed by atoms with Gasteiger partial charge in [0.25, 0.3) is 0 Å². The van der Waals surface area contributed by atoms with E-state index in [1.165, 1.54) is 31.4 Å². The monoisotopic (exact) mass is 709 g/mol. The first-order valence-corrected chi connectivity index (χ1v) is 18.7. The van der Waals surface area contributed by atoms with E-state index >= 15 is 0 Å². The predicted octanol–water partition coefficient (Wildman–Crippen LogP) is 8.92. The molecular weight excluding hydrogens is 649 g/mol. The standard InChI is InChI=1S/C42H60FNO7/c1-6-8-9-12-15-20-33(45)21-16-13-10-11-14-17-23-35(42(50,29-7-2)40(49)51-41(3,4)5)38(46)44-37(39(47)48)30-31-25-27-32(28-26-31)34-22-18-19-24-36(34)43/h17-19,22-28,35,37,50H,6-16,20-21,29-30H2,1-5H3,(H,44,46)(H,47,48)/b23-17+/t35-,37+,42+/m1/s1. The summed E-state index contributed by atoms with van der Waals surface area (Å²) >= 11 is 0. The first kappa shape index (κ1) is 43.3. The van der Waals surface area contributed by atoms with Crippen LogP contribution in [0.1, 0.15) is 130 Å². The van der Waals surface area contributed by atoms with Crippen LogP contribution in [0.15, 0.2) is 60.7 Å². The maximum Gasteiger partial charge on any atom is 0.339 e. The van der Waals surface area contributed by atoms with Crippen molar-refractivity contribution < 1.29 is 38.5 Å². The number of carboxylic acid groups (broad SMARTS) is 1. The van der Waals surface area contributed by atoms with Crippen LogP contribution in [0.5, 0.6) is 0 Å². The molecule has 0 radical (unpaired) electrons. The van der Waals surface area contributed by atoms with E-state index in [1.54, 1.807) is 76.2 Å². The predicted molar refractivity (Wildman–Crippen MR) is 200 cm³/mol. The third-order valence-electron chi connectivity index (χ3n) is 8.84. The molecule has 0 aliphatic heterocycles. The zero-order chi connectivity index (χ0) is 37.9. The average molecular weight is 710 g/mol. The van der Waals surface area contributed by atoms with Crippen LogP contribution in [-0.2, 0) is 30.3 Å². The third-order valence-corrected chi connectivity index (χ3v) is 8.84. The number of nitrogens with one attached hydrogen (secondary N) is 1. The van der Waals surface area contributed by atoms with Crippen LogP contribution >= 0.6 is 0 Å². The van der Waals surface area contributed by atoms with Crippen LogP contribution in [0.25, 0.3) is 11.1 Å². The number of esters is 1. The van der Waals surface area contributed by atoms with E-state index < -0.39 is 41.0 Å². The molecule has 0 bridgehead atoms. The molecule has 8 nitrogen and oxygen atoms in total. The summed E-state index contributed by atoms with van der Waals surface area (Å²) in [5.41, 5.74) is -1.53. The number of Topliss-reactive ketones (excluding diaryl/α,β-unsaturated/α-hetero) is 1. The van der Waals surface area contributed by atoms with E-state index in [9.17, 15) is 33.8 Å². The molecule has 0 aliphatic carbocycles. The molecule has 9 heteroatoms. The number of rotatable bonds is 24. The van der Waals surface area contributed by atoms with Crippen molar-refractivity contribution in [3.63, 3.8) is 0 Å². The van der Waals surface area contributed by atoms with Crippen LogP contribution in [0.4, 0.5) is 4.39 Å². The van der Waals surface area contributed by atoms with E-state index in [1.807, 2.05) is 0 Å². The van der Waals surface area contributed by atoms with Gasteiger partial charge in [0.15, 0.2) is 5.60 Å². The van der Waals surface area contributed by atoms with Crippen molar-refractivity contribution >= 4 is 23.6 Å². The van der Waals surface area contributed by atoms with Gasteiger partial charge in [-0.15, -0.1) is 0 Å². The molecule has 2 aromatic carbocycles. The van der Waals surface area contributed by atoms with Gasteiger partial charge in [-0.2, -0.15) is 0 Å². The smallest absolute Gasteiger partial charge is 0.339 e. The van der Waals surface area contributed by atoms with Crippen molar-refractivity contribution in [1.82, 2.24) is 5.32 Å². The van der Waals surface area contributed by atoms with Crippen LogP contribution in [0.3, 0.4) is 0 Å². The molecule has 0 aromatic heterocycles. The van der Waals surface area contributed by atoms with E-state index in [2.05, 4.69) is 12.2 Å². The highest BCUT2D eigenvalue weighted by molar-refractivity contribution is 5.93. The van der Waals surface area contributed by atoms with E-state index in [4.69, 9.17) is 4.74 Å². The van der Waals surface area contributed by atoms with Gasteiger partial charge in [-0.3, -0.25) is 9.59 Å². The van der Waals surface area contributed by atoms with Crippen molar-refractivity contribution in [2.24, 2.45) is 5.92 Å². The molecule has 0 unspecified atom stereocenters. The number of unbranched alkanes of at least 4 members (excludes halogenated alkanes) is 8. The summed E-state index contributed by atoms with van der Waals surface area (Å²) in [7, 11) is 0. The summed E-state index contributed by atoms with van der Waals surface area (Å²) < 4.78 is 19.8. The molecule has 51 heavy (non-hydrogen) atoms. The lowest BCUT2D eigenvalue weighted by Gasteiger charge is -2.34. The van der Waals surface area contributed by atoms with Gasteiger partial charge in [0.2, 0.25) is 5.91 Å². The lowest BCUT2D eigenvalue weighted by molar-refractivity contribution is -0.184. The first-order chi connectivity index (χ1) is 24.2. The Hall–Kier alpha value is -3.85. The normalized spacial score (nSPS) is 14.1. The number of carbonyl (C=O) groups is 4. The number of halogens is 1. The van der Waals surface area contributed by atoms with Crippen molar-refractivity contribution in [1.29, 1.82) is 0 Å². The lowest BCUT2D eigenvalue weighted by atomic mass is 9.81. The number of carbonyl (C=O) groups excluding carboxylic acids is 3. The summed E-state index contributed by atoms with van der Waals surface area (Å²) in [6.45, 7) is 8.95. The second-order valence-electron chi connectivity index (χ2n) is 14.5. The van der Waals surface area contributed by atoms with Gasteiger partial charge in [-0.1, -0.05) is 113 Å². The van der Waals surface area contributed by atoms with Gasteiger partial charge in [-0.25, -0.2) is 14.0 Å². The van der Waals surface area contributed by atoms with Crippen molar-refractivity contribution in [3.05, 3.63) is 72.1 Å². The summed E-state index contributed by atoms with van der Waals surface area (Å²) in [4.78, 5) is 51.8. The van der Waals surface area contributed by atoms with E-state index in [0.717, 1.165) is 38.5 Å². The van der Waals surface area contributed by atoms with Crippen LogP contribution < -0.4 is 5.32 Å². The first-order valence-electron chi connectivity index (χ1n) is 18.7. The second-order valence-corrected chi connectivity index (χ2v) is 14.5. The minimum atomic E-state index is -2.23. The van der Waals surface area contributed by atoms with Crippen LogP contribution in [0, 0.1) is 11.7 Å². The molecule has 0 heterocycles. The molecule has 0 fully saturated rings. The van der Waals surface area contributed by atoms with E-state index in [-0.39, 0.29) is 18.7 Å². The van der Waals surface area contributed by atoms with Gasteiger partial charge in [0.05, 0.1) is 5.92 Å². The van der Waals surface area contributed by atoms with Gasteiger partial charge >= 0.3 is 11.9 Å². The Labute approximate surface area is 304 Å². The van der Waals surface area contributed by atoms with Crippen LogP contribution in [0.2, 0.25) is 0 Å². The van der Waals surface area contributed by atoms with Gasteiger partial charge in [0.1, 0.15) is 23.2 Å². The molecule has 0 saturated heterocycles. The highest BCUT2D eigenvalue weighted by Crippen LogP contribution is 2.30. The molecule has 0 aliphatic rings. The third kappa shape index (κ3) is 15.5. The number of ketones is 1. The Morgan fingerprint density at radius 3 is 2.02 bits per heavy atom. The van der Waals surface area contributed by atoms with Gasteiger partial charge in [0, 0.05) is 24.8 Å². The maximum atomic E-state index is 14.3. The molecule has 0 spiro atoms. The number of benzene rings is 2. The molecular formula is C42H60FNO7. The SMILES string of the molecule is CCCCCCCC(=O)CCCCCC/C=C/[C@H](C(=O)N[C@@H](Cc1ccc(-c2ccccc2F)cc1)C(=O)O)[C@@](O)(CCC)C(=O)OC(C)(C)C. The second kappa shape index (κ2) is 22.2. The average Bonchev–Trinajstić information content (AvgIpc) is 3.07. The summed E-state index contributed by atoms with van der Waals surface area (Å²) in [5.74, 6) is -4.51. The molecule has 2 rings (SSSR count). The molecule has 3 N–H and O–H groups in total. The molecule has 1 amide bonds. The minimum absolute atomic E-state index is 0.0743. The number of allylic oxidation sites excluding steroid dienone is 1. The number of amides is 1. The summed E-state index contributed by atoms with van der Waals surface area (Å²) in [5, 5.41) is 24.4. The van der Waals surface area contributed by atoms with Gasteiger partial charge in [-0.05, 0) is 70.1 Å². The largest absolute Gasteiger partial charge is 0.480 e. The molecule has 282 valence electrons. The Morgan fingerprint density at radius 2 is 1.45 bits per heavy atom. The highest BCUT2D eigenvalue weighted by atomic mass is 19.1. The molecule has 2 aromatic rings. The highest BCUT2D eigenvalue weighted by Gasteiger charge is 2.48. The van der Waals surface area contributed by atoms with Crippen molar-refractivity contribution in [2.75, 3.05) is 0 Å². The number of aliphatic carboxylic acids is 1. The summed E-state index contributed by atoms with van der Waals surface area (Å²) in [6.07, 6.45) is 14.3. The number of hydrogen-bond acceptors (Lipinski definition) is 6. The topological polar surface area (TPSA) is 130 Å². The Morgan fingerprint density at radius 1 is 0.843 bits per heavy atom. The Balaban J connectivity index is 2.12. The summed E-state index contributed by atoms with van der Waals surface area (Å²) in [6, 6.07) is 11.7. The maximum absolute atomic E-state index is 14.3. The van der Waals surface area contributed by atoms with Crippen molar-refractivity contribution in [2.45, 2.75) is 148 Å². The fourth-order valence-electron chi connectivity index (χ4n) is 6.03. The zero-order valence-electron chi connectivity index (χ0n) is 31.3. The molecule has 3 atom stereocenters. The Kier molecular flexibility index (Phi) is 18.8. The van der Waals surface area contributed by atoms with Crippen molar-refractivity contribution in [3.8, 4) is 11.1 Å². The minimum Gasteiger partial charge on any atom is -0.480 e. The number of aliphatic hydroxyl groups is 1. The van der Waals surface area contributed by atoms with Crippen LogP contribution in [-0.4, -0.2) is 51.1 Å². The Bertz CT molecular complexity index is 1420. The number of hydrogen-bond donors (Lipinski definition) is 3. The zero-order valence-corrected chi connectivity index (χ0v) is 31.3. The fourth-order valence-corrected chi connectivity index (χ4v) is 6.03. The quantitative estimate of drug-likeness (QED) is 0.0564. The fraction of sp³-hybridized carbons (Fsp3) is 0.571. The number of carboxylic acids is 1. The number of ether oxygens (including phenoxy) is 1. The van der Waals surface area contributed by atoms with Gasteiger partial charge < -0.3 is 20.3 Å². The molecule has 0 saturated carbocycles.